The van der Waals surface area contributed by atoms with Crippen molar-refractivity contribution >= 4 is 16.0 Å². The van der Waals surface area contributed by atoms with Crippen LogP contribution in [0.5, 0.6) is 0 Å². The predicted octanol–water partition coefficient (Wildman–Crippen LogP) is 0.516. The molecular weight excluding hydrogens is 234 g/mol. The Morgan fingerprint density at radius 2 is 2.25 bits per heavy atom. The molecule has 7 heteroatoms. The summed E-state index contributed by atoms with van der Waals surface area (Å²) in [5.41, 5.74) is 0. The molecule has 1 rings (SSSR count). The van der Waals surface area contributed by atoms with Crippen molar-refractivity contribution in [2.45, 2.75) is 13.5 Å². The Balaban J connectivity index is 2.78. The number of sulfonamides is 1. The van der Waals surface area contributed by atoms with Gasteiger partial charge in [0.05, 0.1) is 12.8 Å². The number of carboxylic acid groups (broad SMARTS) is 1. The van der Waals surface area contributed by atoms with Gasteiger partial charge in [-0.15, -0.1) is 0 Å². The normalized spacial score (nSPS) is 11.9. The third kappa shape index (κ3) is 3.35. The molecular formula is C9H13NO5S. The number of hydrogen-bond acceptors (Lipinski definition) is 4. The lowest BCUT2D eigenvalue weighted by Crippen LogP contribution is -2.34. The minimum absolute atomic E-state index is 0.0547. The first-order chi connectivity index (χ1) is 7.45. The molecule has 1 aromatic heterocycles. The Bertz CT molecular complexity index is 436. The Kier molecular flexibility index (Phi) is 4.08. The van der Waals surface area contributed by atoms with E-state index in [0.29, 0.717) is 5.76 Å². The van der Waals surface area contributed by atoms with E-state index in [2.05, 4.69) is 0 Å². The first-order valence-corrected chi connectivity index (χ1v) is 6.28. The van der Waals surface area contributed by atoms with Crippen LogP contribution in [0.25, 0.3) is 0 Å². The molecule has 0 radical (unpaired) electrons. The van der Waals surface area contributed by atoms with Gasteiger partial charge in [-0.25, -0.2) is 8.42 Å². The Morgan fingerprint density at radius 1 is 1.56 bits per heavy atom. The van der Waals surface area contributed by atoms with Crippen molar-refractivity contribution in [3.8, 4) is 0 Å². The monoisotopic (exact) mass is 247 g/mol. The van der Waals surface area contributed by atoms with E-state index in [1.165, 1.54) is 6.26 Å². The van der Waals surface area contributed by atoms with Gasteiger partial charge in [0, 0.05) is 6.54 Å². The molecule has 0 aromatic carbocycles. The first kappa shape index (κ1) is 12.7. The van der Waals surface area contributed by atoms with E-state index < -0.39 is 21.7 Å². The number of hydrogen-bond donors (Lipinski definition) is 1. The fraction of sp³-hybridized carbons (Fsp3) is 0.444. The van der Waals surface area contributed by atoms with Gasteiger partial charge < -0.3 is 9.52 Å². The van der Waals surface area contributed by atoms with E-state index in [1.807, 2.05) is 0 Å². The molecule has 1 heterocycles. The summed E-state index contributed by atoms with van der Waals surface area (Å²) in [5, 5.41) is 8.49. The van der Waals surface area contributed by atoms with Gasteiger partial charge in [-0.1, -0.05) is 6.92 Å². The summed E-state index contributed by atoms with van der Waals surface area (Å²) in [5.74, 6) is -1.78. The van der Waals surface area contributed by atoms with Gasteiger partial charge in [-0.3, -0.25) is 4.79 Å². The van der Waals surface area contributed by atoms with Crippen LogP contribution in [0.1, 0.15) is 12.7 Å². The van der Waals surface area contributed by atoms with Crippen LogP contribution in [0, 0.1) is 0 Å². The quantitative estimate of drug-likeness (QED) is 0.791. The molecule has 90 valence electrons. The molecule has 0 fully saturated rings. The zero-order chi connectivity index (χ0) is 12.2. The maximum Gasteiger partial charge on any atom is 0.320 e. The lowest BCUT2D eigenvalue weighted by molar-refractivity contribution is -0.134. The van der Waals surface area contributed by atoms with Crippen LogP contribution < -0.4 is 0 Å². The number of rotatable bonds is 6. The Labute approximate surface area is 93.5 Å². The number of furan rings is 1. The van der Waals surface area contributed by atoms with Gasteiger partial charge >= 0.3 is 5.97 Å². The molecule has 0 saturated carbocycles. The van der Waals surface area contributed by atoms with E-state index in [0.717, 1.165) is 4.31 Å². The van der Waals surface area contributed by atoms with Crippen LogP contribution in [0.15, 0.2) is 22.8 Å². The third-order valence-corrected chi connectivity index (χ3v) is 3.75. The molecule has 0 aliphatic rings. The minimum atomic E-state index is -3.77. The SMILES string of the molecule is CCN(Cc1ccco1)S(=O)(=O)CC(=O)O. The van der Waals surface area contributed by atoms with Crippen molar-refractivity contribution in [2.75, 3.05) is 12.3 Å². The zero-order valence-corrected chi connectivity index (χ0v) is 9.61. The standard InChI is InChI=1S/C9H13NO5S/c1-2-10(6-8-4-3-5-15-8)16(13,14)7-9(11)12/h3-5H,2,6-7H2,1H3,(H,11,12). The van der Waals surface area contributed by atoms with Crippen molar-refractivity contribution in [1.82, 2.24) is 4.31 Å². The fourth-order valence-electron chi connectivity index (χ4n) is 1.23. The van der Waals surface area contributed by atoms with E-state index in [-0.39, 0.29) is 13.1 Å². The Morgan fingerprint density at radius 3 is 2.69 bits per heavy atom. The van der Waals surface area contributed by atoms with Gasteiger partial charge in [0.15, 0.2) is 5.75 Å². The van der Waals surface area contributed by atoms with Crippen LogP contribution >= 0.6 is 0 Å². The molecule has 16 heavy (non-hydrogen) atoms. The van der Waals surface area contributed by atoms with E-state index >= 15 is 0 Å². The van der Waals surface area contributed by atoms with Crippen LogP contribution in [0.3, 0.4) is 0 Å². The van der Waals surface area contributed by atoms with Gasteiger partial charge in [-0.05, 0) is 12.1 Å². The van der Waals surface area contributed by atoms with Crippen LogP contribution in [-0.4, -0.2) is 36.1 Å². The van der Waals surface area contributed by atoms with Crippen LogP contribution in [0.4, 0.5) is 0 Å². The molecule has 0 spiro atoms. The molecule has 0 unspecified atom stereocenters. The molecule has 0 saturated heterocycles. The molecule has 0 amide bonds. The van der Waals surface area contributed by atoms with E-state index in [1.54, 1.807) is 19.1 Å². The van der Waals surface area contributed by atoms with Crippen molar-refractivity contribution in [3.05, 3.63) is 24.2 Å². The third-order valence-electron chi connectivity index (χ3n) is 1.96. The summed E-state index contributed by atoms with van der Waals surface area (Å²) in [7, 11) is -3.77. The average molecular weight is 247 g/mol. The fourth-order valence-corrected chi connectivity index (χ4v) is 2.44. The van der Waals surface area contributed by atoms with Crippen molar-refractivity contribution in [1.29, 1.82) is 0 Å². The molecule has 6 nitrogen and oxygen atoms in total. The maximum absolute atomic E-state index is 11.6. The predicted molar refractivity (Wildman–Crippen MR) is 56.2 cm³/mol. The minimum Gasteiger partial charge on any atom is -0.480 e. The molecule has 1 aromatic rings. The van der Waals surface area contributed by atoms with Crippen LogP contribution in [-0.2, 0) is 21.4 Å². The van der Waals surface area contributed by atoms with Crippen molar-refractivity contribution in [2.24, 2.45) is 0 Å². The van der Waals surface area contributed by atoms with Gasteiger partial charge in [0.2, 0.25) is 10.0 Å². The molecule has 1 N–H and O–H groups in total. The zero-order valence-electron chi connectivity index (χ0n) is 8.79. The second kappa shape index (κ2) is 5.13. The highest BCUT2D eigenvalue weighted by Gasteiger charge is 2.24. The lowest BCUT2D eigenvalue weighted by Gasteiger charge is -2.17. The topological polar surface area (TPSA) is 87.8 Å². The Hall–Kier alpha value is -1.34. The summed E-state index contributed by atoms with van der Waals surface area (Å²) < 4.78 is 29.3. The summed E-state index contributed by atoms with van der Waals surface area (Å²) in [4.78, 5) is 10.4. The second-order valence-electron chi connectivity index (χ2n) is 3.16. The molecule has 0 aliphatic heterocycles. The number of carboxylic acids is 1. The van der Waals surface area contributed by atoms with E-state index in [4.69, 9.17) is 9.52 Å². The van der Waals surface area contributed by atoms with E-state index in [9.17, 15) is 13.2 Å². The molecule has 0 aliphatic carbocycles. The summed E-state index contributed by atoms with van der Waals surface area (Å²) in [6.07, 6.45) is 1.44. The average Bonchev–Trinajstić information content (AvgIpc) is 2.63. The number of aliphatic carboxylic acids is 1. The largest absolute Gasteiger partial charge is 0.480 e. The summed E-state index contributed by atoms with van der Waals surface area (Å²) in [6.45, 7) is 1.90. The summed E-state index contributed by atoms with van der Waals surface area (Å²) >= 11 is 0. The highest BCUT2D eigenvalue weighted by molar-refractivity contribution is 7.89. The maximum atomic E-state index is 11.6. The van der Waals surface area contributed by atoms with Gasteiger partial charge in [0.25, 0.3) is 0 Å². The molecule has 0 atom stereocenters. The second-order valence-corrected chi connectivity index (χ2v) is 5.12. The molecule has 0 bridgehead atoms. The van der Waals surface area contributed by atoms with Crippen molar-refractivity contribution < 1.29 is 22.7 Å². The number of carbonyl (C=O) groups is 1. The van der Waals surface area contributed by atoms with Gasteiger partial charge in [0.1, 0.15) is 5.76 Å². The highest BCUT2D eigenvalue weighted by Crippen LogP contribution is 2.10. The summed E-state index contributed by atoms with van der Waals surface area (Å²) in [6, 6.07) is 3.28. The number of nitrogens with zero attached hydrogens (tertiary/aromatic N) is 1. The van der Waals surface area contributed by atoms with Crippen molar-refractivity contribution in [3.63, 3.8) is 0 Å². The lowest BCUT2D eigenvalue weighted by atomic mass is 10.4. The smallest absolute Gasteiger partial charge is 0.320 e. The van der Waals surface area contributed by atoms with Crippen LogP contribution in [0.2, 0.25) is 0 Å². The van der Waals surface area contributed by atoms with Gasteiger partial charge in [-0.2, -0.15) is 4.31 Å². The first-order valence-electron chi connectivity index (χ1n) is 4.67. The highest BCUT2D eigenvalue weighted by atomic mass is 32.2.